The molecule has 1 atom stereocenters. The molecule has 4 rings (SSSR count). The van der Waals surface area contributed by atoms with Gasteiger partial charge in [-0.05, 0) is 43.3 Å². The summed E-state index contributed by atoms with van der Waals surface area (Å²) in [6, 6.07) is 11.6. The highest BCUT2D eigenvalue weighted by Crippen LogP contribution is 2.39. The van der Waals surface area contributed by atoms with Gasteiger partial charge in [-0.3, -0.25) is 0 Å². The van der Waals surface area contributed by atoms with Gasteiger partial charge in [-0.25, -0.2) is 14.5 Å². The molecule has 0 bridgehead atoms. The number of ether oxygens (including phenoxy) is 2. The number of nitrogens with zero attached hydrogens (tertiary/aromatic N) is 3. The van der Waals surface area contributed by atoms with Gasteiger partial charge >= 0.3 is 5.97 Å². The summed E-state index contributed by atoms with van der Waals surface area (Å²) in [5.74, 6) is 0.850. The van der Waals surface area contributed by atoms with Crippen LogP contribution < -0.4 is 4.74 Å². The van der Waals surface area contributed by atoms with E-state index in [1.54, 1.807) is 35.3 Å². The lowest BCUT2D eigenvalue weighted by atomic mass is 9.94. The zero-order valence-electron chi connectivity index (χ0n) is 13.4. The maximum atomic E-state index is 12.3. The Labute approximate surface area is 143 Å². The Morgan fingerprint density at radius 3 is 2.68 bits per heavy atom. The second-order valence-corrected chi connectivity index (χ2v) is 6.02. The first-order valence-corrected chi connectivity index (χ1v) is 7.71. The van der Waals surface area contributed by atoms with Crippen molar-refractivity contribution in [3.05, 3.63) is 66.2 Å². The molecular formula is C18H15N3O4. The van der Waals surface area contributed by atoms with Crippen molar-refractivity contribution < 1.29 is 19.4 Å². The average Bonchev–Trinajstić information content (AvgIpc) is 3.17. The van der Waals surface area contributed by atoms with Crippen LogP contribution in [0, 0.1) is 0 Å². The lowest BCUT2D eigenvalue weighted by molar-refractivity contribution is -0.00888. The van der Waals surface area contributed by atoms with Crippen molar-refractivity contribution in [2.75, 3.05) is 0 Å². The molecule has 0 amide bonds. The third-order valence-corrected chi connectivity index (χ3v) is 4.10. The molecule has 0 aliphatic carbocycles. The average molecular weight is 337 g/mol. The summed E-state index contributed by atoms with van der Waals surface area (Å²) < 4.78 is 13.0. The van der Waals surface area contributed by atoms with Crippen molar-refractivity contribution >= 4 is 5.97 Å². The SMILES string of the molecule is CC1(Cn2cncn2)OC(=O)c2cc(Oc3ccc(O)cc3)ccc21. The maximum Gasteiger partial charge on any atom is 0.339 e. The molecule has 0 spiro atoms. The largest absolute Gasteiger partial charge is 0.508 e. The van der Waals surface area contributed by atoms with Crippen LogP contribution in [0.15, 0.2) is 55.1 Å². The predicted octanol–water partition coefficient (Wildman–Crippen LogP) is 2.86. The third-order valence-electron chi connectivity index (χ3n) is 4.10. The number of hydrogen-bond donors (Lipinski definition) is 1. The van der Waals surface area contributed by atoms with Gasteiger partial charge in [0.1, 0.15) is 29.9 Å². The molecule has 0 fully saturated rings. The molecule has 0 saturated heterocycles. The van der Waals surface area contributed by atoms with Crippen LogP contribution in [0.2, 0.25) is 0 Å². The molecule has 1 aliphatic heterocycles. The Kier molecular flexibility index (Phi) is 3.42. The van der Waals surface area contributed by atoms with Gasteiger partial charge in [0.25, 0.3) is 0 Å². The van der Waals surface area contributed by atoms with Gasteiger partial charge in [0, 0.05) is 5.56 Å². The first-order valence-electron chi connectivity index (χ1n) is 7.71. The zero-order chi connectivity index (χ0) is 17.4. The minimum absolute atomic E-state index is 0.161. The van der Waals surface area contributed by atoms with E-state index in [9.17, 15) is 9.90 Å². The van der Waals surface area contributed by atoms with Gasteiger partial charge in [0.15, 0.2) is 5.60 Å². The molecule has 7 nitrogen and oxygen atoms in total. The summed E-state index contributed by atoms with van der Waals surface area (Å²) in [6.07, 6.45) is 3.02. The Morgan fingerprint density at radius 1 is 1.20 bits per heavy atom. The van der Waals surface area contributed by atoms with Gasteiger partial charge in [-0.1, -0.05) is 6.07 Å². The topological polar surface area (TPSA) is 86.5 Å². The minimum atomic E-state index is -0.808. The third kappa shape index (κ3) is 2.80. The Bertz CT molecular complexity index is 922. The van der Waals surface area contributed by atoms with Gasteiger partial charge in [0.05, 0.1) is 12.1 Å². The summed E-state index contributed by atoms with van der Waals surface area (Å²) in [6.45, 7) is 2.23. The number of rotatable bonds is 4. The minimum Gasteiger partial charge on any atom is -0.508 e. The van der Waals surface area contributed by atoms with Gasteiger partial charge in [-0.15, -0.1) is 0 Å². The first-order chi connectivity index (χ1) is 12.0. The van der Waals surface area contributed by atoms with Crippen molar-refractivity contribution in [2.45, 2.75) is 19.1 Å². The number of benzene rings is 2. The molecule has 1 N–H and O–H groups in total. The van der Waals surface area contributed by atoms with Crippen LogP contribution in [0.5, 0.6) is 17.2 Å². The van der Waals surface area contributed by atoms with E-state index >= 15 is 0 Å². The number of carbonyl (C=O) groups excluding carboxylic acids is 1. The van der Waals surface area contributed by atoms with E-state index in [4.69, 9.17) is 9.47 Å². The standard InChI is InChI=1S/C18H15N3O4/c1-18(9-21-11-19-10-20-21)16-7-6-14(8-15(16)17(23)25-18)24-13-4-2-12(22)3-5-13/h2-8,10-11,22H,9H2,1H3. The van der Waals surface area contributed by atoms with Crippen LogP contribution in [0.1, 0.15) is 22.8 Å². The van der Waals surface area contributed by atoms with Crippen molar-refractivity contribution in [1.82, 2.24) is 14.8 Å². The van der Waals surface area contributed by atoms with Gasteiger partial charge < -0.3 is 14.6 Å². The Morgan fingerprint density at radius 2 is 1.96 bits per heavy atom. The van der Waals surface area contributed by atoms with E-state index < -0.39 is 11.6 Å². The zero-order valence-corrected chi connectivity index (χ0v) is 13.4. The molecule has 1 unspecified atom stereocenters. The number of carbonyl (C=O) groups is 1. The van der Waals surface area contributed by atoms with E-state index in [0.29, 0.717) is 23.6 Å². The second-order valence-electron chi connectivity index (χ2n) is 6.02. The summed E-state index contributed by atoms with van der Waals surface area (Å²) in [4.78, 5) is 16.2. The lowest BCUT2D eigenvalue weighted by Gasteiger charge is -2.23. The second kappa shape index (κ2) is 5.62. The monoisotopic (exact) mass is 337 g/mol. The van der Waals surface area contributed by atoms with Crippen molar-refractivity contribution in [1.29, 1.82) is 0 Å². The molecule has 0 saturated carbocycles. The molecule has 126 valence electrons. The molecular weight excluding hydrogens is 322 g/mol. The molecule has 3 aromatic rings. The summed E-state index contributed by atoms with van der Waals surface area (Å²) in [7, 11) is 0. The van der Waals surface area contributed by atoms with Crippen molar-refractivity contribution in [3.8, 4) is 17.2 Å². The molecule has 25 heavy (non-hydrogen) atoms. The molecule has 2 aromatic carbocycles. The summed E-state index contributed by atoms with van der Waals surface area (Å²) in [5, 5.41) is 13.4. The fourth-order valence-corrected chi connectivity index (χ4v) is 2.92. The maximum absolute atomic E-state index is 12.3. The number of esters is 1. The number of aromatic nitrogens is 3. The number of phenolic OH excluding ortho intramolecular Hbond substituents is 1. The van der Waals surface area contributed by atoms with Gasteiger partial charge in [-0.2, -0.15) is 5.10 Å². The molecule has 2 heterocycles. The highest BCUT2D eigenvalue weighted by atomic mass is 16.6. The van der Waals surface area contributed by atoms with E-state index in [1.807, 2.05) is 13.0 Å². The number of aromatic hydroxyl groups is 1. The highest BCUT2D eigenvalue weighted by Gasteiger charge is 2.42. The molecule has 1 aromatic heterocycles. The van der Waals surface area contributed by atoms with Crippen molar-refractivity contribution in [3.63, 3.8) is 0 Å². The molecule has 7 heteroatoms. The summed E-state index contributed by atoms with van der Waals surface area (Å²) in [5.41, 5.74) is 0.446. The Hall–Kier alpha value is -3.35. The highest BCUT2D eigenvalue weighted by molar-refractivity contribution is 5.95. The number of phenols is 1. The van der Waals surface area contributed by atoms with E-state index in [0.717, 1.165) is 5.56 Å². The van der Waals surface area contributed by atoms with Gasteiger partial charge in [0.2, 0.25) is 0 Å². The summed E-state index contributed by atoms with van der Waals surface area (Å²) >= 11 is 0. The van der Waals surface area contributed by atoms with E-state index in [-0.39, 0.29) is 5.75 Å². The normalized spacial score (nSPS) is 18.7. The van der Waals surface area contributed by atoms with Crippen LogP contribution in [0.4, 0.5) is 0 Å². The Balaban J connectivity index is 1.63. The first kappa shape index (κ1) is 15.2. The van der Waals surface area contributed by atoms with Crippen LogP contribution in [0.3, 0.4) is 0 Å². The predicted molar refractivity (Wildman–Crippen MR) is 87.4 cm³/mol. The quantitative estimate of drug-likeness (QED) is 0.737. The number of hydrogen-bond acceptors (Lipinski definition) is 6. The fourth-order valence-electron chi connectivity index (χ4n) is 2.92. The van der Waals surface area contributed by atoms with Crippen molar-refractivity contribution in [2.24, 2.45) is 0 Å². The van der Waals surface area contributed by atoms with E-state index in [1.165, 1.54) is 18.5 Å². The fraction of sp³-hybridized carbons (Fsp3) is 0.167. The molecule has 0 radical (unpaired) electrons. The number of cyclic esters (lactones) is 1. The van der Waals surface area contributed by atoms with Crippen LogP contribution in [0.25, 0.3) is 0 Å². The van der Waals surface area contributed by atoms with E-state index in [2.05, 4.69) is 10.1 Å². The number of fused-ring (bicyclic) bond motifs is 1. The molecule has 1 aliphatic rings. The van der Waals surface area contributed by atoms with Crippen LogP contribution in [-0.4, -0.2) is 25.8 Å². The lowest BCUT2D eigenvalue weighted by Crippen LogP contribution is -2.28. The van der Waals surface area contributed by atoms with Crippen LogP contribution in [-0.2, 0) is 16.9 Å². The smallest absolute Gasteiger partial charge is 0.339 e. The van der Waals surface area contributed by atoms with Crippen LogP contribution >= 0.6 is 0 Å².